The Morgan fingerprint density at radius 3 is 2.50 bits per heavy atom. The molecule has 0 fully saturated rings. The number of benzene rings is 2. The molecule has 2 aromatic rings. The molecule has 0 aliphatic rings. The monoisotopic (exact) mass is 246 g/mol. The molecule has 0 radical (unpaired) electrons. The van der Waals surface area contributed by atoms with Gasteiger partial charge in [0.15, 0.2) is 0 Å². The summed E-state index contributed by atoms with van der Waals surface area (Å²) < 4.78 is 0. The Hall–Kier alpha value is -1.18. The zero-order valence-corrected chi connectivity index (χ0v) is 10.2. The van der Waals surface area contributed by atoms with E-state index >= 15 is 0 Å². The van der Waals surface area contributed by atoms with Crippen LogP contribution in [-0.2, 0) is 0 Å². The highest BCUT2D eigenvalue weighted by Crippen LogP contribution is 2.20. The third-order valence-corrected chi connectivity index (χ3v) is 3.11. The second-order valence-corrected chi connectivity index (χ2v) is 4.70. The van der Waals surface area contributed by atoms with Crippen molar-refractivity contribution in [2.75, 3.05) is 0 Å². The molecule has 80 valence electrons. The lowest BCUT2D eigenvalue weighted by molar-refractivity contribution is 1.47. The second-order valence-electron chi connectivity index (χ2n) is 3.29. The van der Waals surface area contributed by atoms with Crippen molar-refractivity contribution in [3.8, 4) is 0 Å². The molecule has 0 spiro atoms. The first-order valence-corrected chi connectivity index (χ1v) is 6.24. The zero-order valence-electron chi connectivity index (χ0n) is 8.64. The lowest BCUT2D eigenvalue weighted by Gasteiger charge is -1.95. The Kier molecular flexibility index (Phi) is 4.09. The minimum absolute atomic E-state index is 0.770. The SMILES string of the molecule is Clc1cccc(/C=C/Sc2ccccc2)c1. The molecule has 0 unspecified atom stereocenters. The van der Waals surface area contributed by atoms with Gasteiger partial charge in [-0.2, -0.15) is 0 Å². The summed E-state index contributed by atoms with van der Waals surface area (Å²) in [5.74, 6) is 0. The molecule has 2 rings (SSSR count). The fourth-order valence-corrected chi connectivity index (χ4v) is 2.20. The van der Waals surface area contributed by atoms with Gasteiger partial charge in [0, 0.05) is 9.92 Å². The van der Waals surface area contributed by atoms with Crippen LogP contribution in [0.4, 0.5) is 0 Å². The summed E-state index contributed by atoms with van der Waals surface area (Å²) in [5, 5.41) is 2.84. The van der Waals surface area contributed by atoms with Crippen molar-refractivity contribution >= 4 is 29.4 Å². The van der Waals surface area contributed by atoms with Crippen molar-refractivity contribution in [2.45, 2.75) is 4.90 Å². The first-order valence-electron chi connectivity index (χ1n) is 4.98. The third-order valence-electron chi connectivity index (χ3n) is 2.06. The van der Waals surface area contributed by atoms with Crippen molar-refractivity contribution in [1.29, 1.82) is 0 Å². The highest BCUT2D eigenvalue weighted by Gasteiger charge is 1.90. The molecule has 2 aromatic carbocycles. The lowest BCUT2D eigenvalue weighted by atomic mass is 10.2. The van der Waals surface area contributed by atoms with Gasteiger partial charge in [-0.25, -0.2) is 0 Å². The highest BCUT2D eigenvalue weighted by molar-refractivity contribution is 8.02. The fourth-order valence-electron chi connectivity index (χ4n) is 1.30. The largest absolute Gasteiger partial charge is 0.0981 e. The van der Waals surface area contributed by atoms with Crippen LogP contribution in [0.3, 0.4) is 0 Å². The first-order chi connectivity index (χ1) is 7.84. The summed E-state index contributed by atoms with van der Waals surface area (Å²) in [4.78, 5) is 1.24. The molecule has 0 aliphatic heterocycles. The Balaban J connectivity index is 2.00. The van der Waals surface area contributed by atoms with Gasteiger partial charge in [0.1, 0.15) is 0 Å². The van der Waals surface area contributed by atoms with Gasteiger partial charge in [0.05, 0.1) is 0 Å². The minimum atomic E-state index is 0.770. The maximum absolute atomic E-state index is 5.90. The molecule has 0 aliphatic carbocycles. The number of halogens is 1. The molecule has 16 heavy (non-hydrogen) atoms. The Bertz CT molecular complexity index is 477. The second kappa shape index (κ2) is 5.78. The third kappa shape index (κ3) is 3.44. The predicted octanol–water partition coefficient (Wildman–Crippen LogP) is 5.10. The van der Waals surface area contributed by atoms with Gasteiger partial charge < -0.3 is 0 Å². The molecular formula is C14H11ClS. The van der Waals surface area contributed by atoms with E-state index in [4.69, 9.17) is 11.6 Å². The number of hydrogen-bond acceptors (Lipinski definition) is 1. The van der Waals surface area contributed by atoms with Gasteiger partial charge >= 0.3 is 0 Å². The van der Waals surface area contributed by atoms with E-state index in [0.29, 0.717) is 0 Å². The van der Waals surface area contributed by atoms with Crippen LogP contribution in [0.25, 0.3) is 6.08 Å². The van der Waals surface area contributed by atoms with Gasteiger partial charge in [-0.15, -0.1) is 0 Å². The Morgan fingerprint density at radius 2 is 1.75 bits per heavy atom. The lowest BCUT2D eigenvalue weighted by Crippen LogP contribution is -1.70. The molecule has 0 aromatic heterocycles. The van der Waals surface area contributed by atoms with E-state index in [9.17, 15) is 0 Å². The van der Waals surface area contributed by atoms with Crippen LogP contribution < -0.4 is 0 Å². The molecule has 0 atom stereocenters. The van der Waals surface area contributed by atoms with Crippen LogP contribution in [0, 0.1) is 0 Å². The summed E-state index contributed by atoms with van der Waals surface area (Å²) in [6.07, 6.45) is 2.06. The van der Waals surface area contributed by atoms with Crippen LogP contribution in [0.15, 0.2) is 64.9 Å². The van der Waals surface area contributed by atoms with Gasteiger partial charge in [-0.1, -0.05) is 53.7 Å². The number of rotatable bonds is 3. The number of hydrogen-bond donors (Lipinski definition) is 0. The smallest absolute Gasteiger partial charge is 0.0411 e. The van der Waals surface area contributed by atoms with Crippen molar-refractivity contribution in [3.05, 3.63) is 70.6 Å². The van der Waals surface area contributed by atoms with E-state index in [1.165, 1.54) is 4.90 Å². The van der Waals surface area contributed by atoms with Crippen LogP contribution >= 0.6 is 23.4 Å². The van der Waals surface area contributed by atoms with Gasteiger partial charge in [0.25, 0.3) is 0 Å². The highest BCUT2D eigenvalue weighted by atomic mass is 35.5. The molecule has 0 saturated heterocycles. The summed E-state index contributed by atoms with van der Waals surface area (Å²) in [6.45, 7) is 0. The Labute approximate surface area is 105 Å². The summed E-state index contributed by atoms with van der Waals surface area (Å²) in [7, 11) is 0. The first kappa shape index (κ1) is 11.3. The molecule has 0 nitrogen and oxygen atoms in total. The summed E-state index contributed by atoms with van der Waals surface area (Å²) in [5.41, 5.74) is 1.12. The summed E-state index contributed by atoms with van der Waals surface area (Å²) >= 11 is 7.60. The van der Waals surface area contributed by atoms with E-state index in [1.54, 1.807) is 11.8 Å². The molecule has 0 N–H and O–H groups in total. The minimum Gasteiger partial charge on any atom is -0.0981 e. The molecule has 0 bridgehead atoms. The van der Waals surface area contributed by atoms with E-state index in [1.807, 2.05) is 42.5 Å². The standard InChI is InChI=1S/C14H11ClS/c15-13-6-4-5-12(11-13)9-10-16-14-7-2-1-3-8-14/h1-11H/b10-9+. The summed E-state index contributed by atoms with van der Waals surface area (Å²) in [6, 6.07) is 18.1. The van der Waals surface area contributed by atoms with E-state index in [2.05, 4.69) is 23.6 Å². The average molecular weight is 247 g/mol. The molecule has 0 saturated carbocycles. The van der Waals surface area contributed by atoms with E-state index in [-0.39, 0.29) is 0 Å². The molecule has 0 heterocycles. The van der Waals surface area contributed by atoms with Crippen molar-refractivity contribution in [2.24, 2.45) is 0 Å². The quantitative estimate of drug-likeness (QED) is 0.679. The average Bonchev–Trinajstić information content (AvgIpc) is 2.30. The molecular weight excluding hydrogens is 236 g/mol. The zero-order chi connectivity index (χ0) is 11.2. The number of thioether (sulfide) groups is 1. The van der Waals surface area contributed by atoms with Crippen LogP contribution in [0.2, 0.25) is 5.02 Å². The topological polar surface area (TPSA) is 0 Å². The van der Waals surface area contributed by atoms with Crippen molar-refractivity contribution in [3.63, 3.8) is 0 Å². The van der Waals surface area contributed by atoms with Crippen molar-refractivity contribution in [1.82, 2.24) is 0 Å². The predicted molar refractivity (Wildman–Crippen MR) is 72.8 cm³/mol. The Morgan fingerprint density at radius 1 is 0.938 bits per heavy atom. The molecule has 0 amide bonds. The van der Waals surface area contributed by atoms with Gasteiger partial charge in [0.2, 0.25) is 0 Å². The normalized spacial score (nSPS) is 10.8. The maximum atomic E-state index is 5.90. The van der Waals surface area contributed by atoms with Crippen LogP contribution in [-0.4, -0.2) is 0 Å². The van der Waals surface area contributed by atoms with E-state index < -0.39 is 0 Å². The fraction of sp³-hybridized carbons (Fsp3) is 0. The van der Waals surface area contributed by atoms with E-state index in [0.717, 1.165) is 10.6 Å². The maximum Gasteiger partial charge on any atom is 0.0411 e. The van der Waals surface area contributed by atoms with Crippen LogP contribution in [0.1, 0.15) is 5.56 Å². The van der Waals surface area contributed by atoms with Gasteiger partial charge in [-0.3, -0.25) is 0 Å². The molecule has 2 heteroatoms. The van der Waals surface area contributed by atoms with Crippen LogP contribution in [0.5, 0.6) is 0 Å². The van der Waals surface area contributed by atoms with Gasteiger partial charge in [-0.05, 0) is 41.3 Å². The van der Waals surface area contributed by atoms with Crippen molar-refractivity contribution < 1.29 is 0 Å².